The Kier molecular flexibility index (Phi) is 6.85. The smallest absolute Gasteiger partial charge is 0.287 e. The predicted molar refractivity (Wildman–Crippen MR) is 98.3 cm³/mol. The summed E-state index contributed by atoms with van der Waals surface area (Å²) in [5.74, 6) is -1.38. The molecule has 148 valence electrons. The summed E-state index contributed by atoms with van der Waals surface area (Å²) in [6, 6.07) is 8.58. The van der Waals surface area contributed by atoms with Crippen LogP contribution in [0, 0.1) is 10.1 Å². The van der Waals surface area contributed by atoms with E-state index in [9.17, 15) is 24.5 Å². The highest BCUT2D eigenvalue weighted by molar-refractivity contribution is 5.94. The van der Waals surface area contributed by atoms with Gasteiger partial charge in [0.1, 0.15) is 0 Å². The number of amides is 3. The van der Waals surface area contributed by atoms with Crippen molar-refractivity contribution in [2.75, 3.05) is 20.1 Å². The Hall–Kier alpha value is -3.69. The van der Waals surface area contributed by atoms with Crippen molar-refractivity contribution < 1.29 is 23.7 Å². The Balaban J connectivity index is 1.82. The highest BCUT2D eigenvalue weighted by Crippen LogP contribution is 2.22. The molecule has 1 aromatic carbocycles. The van der Waals surface area contributed by atoms with Crippen molar-refractivity contribution in [1.82, 2.24) is 15.5 Å². The number of rotatable bonds is 8. The molecule has 0 radical (unpaired) electrons. The first-order valence-corrected chi connectivity index (χ1v) is 8.38. The second-order valence-electron chi connectivity index (χ2n) is 5.97. The number of nitro groups is 1. The fraction of sp³-hybridized carbons (Fsp3) is 0.278. The lowest BCUT2D eigenvalue weighted by atomic mass is 10.1. The van der Waals surface area contributed by atoms with Crippen molar-refractivity contribution in [3.63, 3.8) is 0 Å². The van der Waals surface area contributed by atoms with Crippen LogP contribution >= 0.6 is 0 Å². The molecule has 10 nitrogen and oxygen atoms in total. The first-order valence-electron chi connectivity index (χ1n) is 8.38. The van der Waals surface area contributed by atoms with Gasteiger partial charge in [0.25, 0.3) is 11.6 Å². The summed E-state index contributed by atoms with van der Waals surface area (Å²) in [6.07, 6.45) is 1.34. The zero-order valence-electron chi connectivity index (χ0n) is 15.4. The Morgan fingerprint density at radius 2 is 1.93 bits per heavy atom. The first kappa shape index (κ1) is 20.6. The van der Waals surface area contributed by atoms with E-state index in [1.807, 2.05) is 0 Å². The lowest BCUT2D eigenvalue weighted by Crippen LogP contribution is -2.43. The average Bonchev–Trinajstić information content (AvgIpc) is 3.24. The number of hydrogen-bond donors (Lipinski definition) is 2. The number of carbonyl (C=O) groups is 3. The molecule has 0 saturated carbocycles. The van der Waals surface area contributed by atoms with Crippen LogP contribution in [0.2, 0.25) is 0 Å². The maximum atomic E-state index is 12.3. The van der Waals surface area contributed by atoms with E-state index in [0.29, 0.717) is 5.56 Å². The van der Waals surface area contributed by atoms with Crippen molar-refractivity contribution in [3.05, 3.63) is 64.1 Å². The van der Waals surface area contributed by atoms with E-state index in [1.54, 1.807) is 25.1 Å². The lowest BCUT2D eigenvalue weighted by molar-refractivity contribution is -0.384. The number of nitro benzene ring substituents is 1. The number of furan rings is 1. The Bertz CT molecular complexity index is 865. The van der Waals surface area contributed by atoms with E-state index in [2.05, 4.69) is 10.6 Å². The number of hydrogen-bond acceptors (Lipinski definition) is 6. The number of non-ortho nitro benzene ring substituents is 1. The quantitative estimate of drug-likeness (QED) is 0.516. The summed E-state index contributed by atoms with van der Waals surface area (Å²) in [5, 5.41) is 15.7. The van der Waals surface area contributed by atoms with E-state index >= 15 is 0 Å². The normalized spacial score (nSPS) is 11.4. The third-order valence-corrected chi connectivity index (χ3v) is 4.13. The fourth-order valence-electron chi connectivity index (χ4n) is 2.35. The molecule has 0 unspecified atom stereocenters. The molecule has 0 spiro atoms. The van der Waals surface area contributed by atoms with E-state index < -0.39 is 22.8 Å². The standard InChI is InChI=1S/C18H20N4O6/c1-12(13-5-3-6-14(9-13)22(26)27)21(2)17(24)11-19-16(23)10-20-18(25)15-7-4-8-28-15/h3-9,12H,10-11H2,1-2H3,(H,19,23)(H,20,25)/t12-/m0/s1. The van der Waals surface area contributed by atoms with Crippen LogP contribution in [-0.4, -0.2) is 47.7 Å². The van der Waals surface area contributed by atoms with Crippen molar-refractivity contribution in [2.45, 2.75) is 13.0 Å². The van der Waals surface area contributed by atoms with Gasteiger partial charge in [-0.2, -0.15) is 0 Å². The summed E-state index contributed by atoms with van der Waals surface area (Å²) in [5.41, 5.74) is 0.535. The molecule has 3 amide bonds. The molecule has 0 fully saturated rings. The Morgan fingerprint density at radius 3 is 2.57 bits per heavy atom. The number of likely N-dealkylation sites (N-methyl/N-ethyl adjacent to an activating group) is 1. The molecule has 0 aliphatic heterocycles. The Morgan fingerprint density at radius 1 is 1.18 bits per heavy atom. The summed E-state index contributed by atoms with van der Waals surface area (Å²) in [7, 11) is 1.54. The molecule has 1 heterocycles. The van der Waals surface area contributed by atoms with E-state index in [0.717, 1.165) is 0 Å². The largest absolute Gasteiger partial charge is 0.459 e. The zero-order valence-corrected chi connectivity index (χ0v) is 15.4. The molecule has 2 N–H and O–H groups in total. The van der Waals surface area contributed by atoms with Gasteiger partial charge in [0.2, 0.25) is 11.8 Å². The third-order valence-electron chi connectivity index (χ3n) is 4.13. The fourth-order valence-corrected chi connectivity index (χ4v) is 2.35. The molecular formula is C18H20N4O6. The molecule has 2 aromatic rings. The molecule has 0 aliphatic rings. The van der Waals surface area contributed by atoms with E-state index in [4.69, 9.17) is 4.42 Å². The summed E-state index contributed by atoms with van der Waals surface area (Å²) >= 11 is 0. The topological polar surface area (TPSA) is 135 Å². The van der Waals surface area contributed by atoms with Gasteiger partial charge in [-0.25, -0.2) is 0 Å². The number of benzene rings is 1. The maximum absolute atomic E-state index is 12.3. The minimum atomic E-state index is -0.539. The van der Waals surface area contributed by atoms with Gasteiger partial charge in [0.15, 0.2) is 5.76 Å². The van der Waals surface area contributed by atoms with Crippen LogP contribution in [-0.2, 0) is 9.59 Å². The van der Waals surface area contributed by atoms with Crippen molar-refractivity contribution >= 4 is 23.4 Å². The molecule has 0 aliphatic carbocycles. The Labute approximate surface area is 160 Å². The van der Waals surface area contributed by atoms with Crippen LogP contribution in [0.15, 0.2) is 47.1 Å². The van der Waals surface area contributed by atoms with Crippen LogP contribution in [0.5, 0.6) is 0 Å². The van der Waals surface area contributed by atoms with Crippen molar-refractivity contribution in [2.24, 2.45) is 0 Å². The second kappa shape index (κ2) is 9.31. The van der Waals surface area contributed by atoms with Gasteiger partial charge in [-0.15, -0.1) is 0 Å². The van der Waals surface area contributed by atoms with Crippen LogP contribution in [0.4, 0.5) is 5.69 Å². The van der Waals surface area contributed by atoms with E-state index in [1.165, 1.54) is 36.4 Å². The molecule has 0 bridgehead atoms. The van der Waals surface area contributed by atoms with Gasteiger partial charge in [-0.05, 0) is 24.6 Å². The van der Waals surface area contributed by atoms with E-state index in [-0.39, 0.29) is 30.4 Å². The third kappa shape index (κ3) is 5.40. The van der Waals surface area contributed by atoms with Gasteiger partial charge in [-0.3, -0.25) is 24.5 Å². The second-order valence-corrected chi connectivity index (χ2v) is 5.97. The average molecular weight is 388 g/mol. The zero-order chi connectivity index (χ0) is 20.7. The van der Waals surface area contributed by atoms with Gasteiger partial charge < -0.3 is 20.0 Å². The van der Waals surface area contributed by atoms with Crippen LogP contribution in [0.1, 0.15) is 29.1 Å². The minimum Gasteiger partial charge on any atom is -0.459 e. The molecule has 2 rings (SSSR count). The molecule has 28 heavy (non-hydrogen) atoms. The monoisotopic (exact) mass is 388 g/mol. The number of nitrogens with one attached hydrogen (secondary N) is 2. The highest BCUT2D eigenvalue weighted by atomic mass is 16.6. The highest BCUT2D eigenvalue weighted by Gasteiger charge is 2.20. The summed E-state index contributed by atoms with van der Waals surface area (Å²) in [6.45, 7) is 1.14. The SMILES string of the molecule is C[C@@H](c1cccc([N+](=O)[O-])c1)N(C)C(=O)CNC(=O)CNC(=O)c1ccco1. The number of carbonyl (C=O) groups excluding carboxylic acids is 3. The summed E-state index contributed by atoms with van der Waals surface area (Å²) < 4.78 is 4.90. The predicted octanol–water partition coefficient (Wildman–Crippen LogP) is 1.25. The first-order chi connectivity index (χ1) is 13.3. The molecular weight excluding hydrogens is 368 g/mol. The molecule has 1 aromatic heterocycles. The van der Waals surface area contributed by atoms with Crippen LogP contribution in [0.3, 0.4) is 0 Å². The van der Waals surface area contributed by atoms with Crippen molar-refractivity contribution in [1.29, 1.82) is 0 Å². The lowest BCUT2D eigenvalue weighted by Gasteiger charge is -2.25. The van der Waals surface area contributed by atoms with Crippen LogP contribution < -0.4 is 10.6 Å². The molecule has 0 saturated heterocycles. The van der Waals surface area contributed by atoms with Gasteiger partial charge >= 0.3 is 0 Å². The van der Waals surface area contributed by atoms with Crippen molar-refractivity contribution in [3.8, 4) is 0 Å². The van der Waals surface area contributed by atoms with Gasteiger partial charge in [-0.1, -0.05) is 12.1 Å². The van der Waals surface area contributed by atoms with Gasteiger partial charge in [0, 0.05) is 19.2 Å². The number of nitrogens with zero attached hydrogens (tertiary/aromatic N) is 2. The minimum absolute atomic E-state index is 0.0641. The maximum Gasteiger partial charge on any atom is 0.287 e. The van der Waals surface area contributed by atoms with Gasteiger partial charge in [0.05, 0.1) is 30.3 Å². The molecule has 10 heteroatoms. The van der Waals surface area contributed by atoms with Crippen LogP contribution in [0.25, 0.3) is 0 Å². The molecule has 1 atom stereocenters. The summed E-state index contributed by atoms with van der Waals surface area (Å²) in [4.78, 5) is 47.5.